The van der Waals surface area contributed by atoms with E-state index in [1.54, 1.807) is 18.2 Å². The molecule has 0 bridgehead atoms. The van der Waals surface area contributed by atoms with E-state index < -0.39 is 0 Å². The number of carbonyl (C=O) groups excluding carboxylic acids is 1. The van der Waals surface area contributed by atoms with E-state index >= 15 is 0 Å². The van der Waals surface area contributed by atoms with Crippen molar-refractivity contribution in [2.45, 2.75) is 32.7 Å². The van der Waals surface area contributed by atoms with Crippen LogP contribution in [0.1, 0.15) is 45.8 Å². The van der Waals surface area contributed by atoms with Crippen LogP contribution < -0.4 is 10.7 Å². The molecule has 30 heavy (non-hydrogen) atoms. The van der Waals surface area contributed by atoms with Gasteiger partial charge in [0.2, 0.25) is 0 Å². The Hall–Kier alpha value is -3.12. The van der Waals surface area contributed by atoms with Crippen molar-refractivity contribution in [3.8, 4) is 0 Å². The van der Waals surface area contributed by atoms with Crippen LogP contribution in [0.4, 0.5) is 10.1 Å². The van der Waals surface area contributed by atoms with Crippen molar-refractivity contribution >= 4 is 28.9 Å². The predicted molar refractivity (Wildman–Crippen MR) is 116 cm³/mol. The van der Waals surface area contributed by atoms with Gasteiger partial charge in [0.1, 0.15) is 11.6 Å². The summed E-state index contributed by atoms with van der Waals surface area (Å²) in [6.45, 7) is 2.18. The van der Waals surface area contributed by atoms with Crippen LogP contribution in [0.5, 0.6) is 0 Å². The highest BCUT2D eigenvalue weighted by Gasteiger charge is 2.28. The summed E-state index contributed by atoms with van der Waals surface area (Å²) in [6.07, 6.45) is 2.40. The monoisotopic (exact) mass is 425 g/mol. The number of carbonyl (C=O) groups is 1. The Balaban J connectivity index is 1.53. The number of nitrogens with zero attached hydrogens (tertiary/aromatic N) is 1. The molecule has 0 radical (unpaired) electrons. The molecule has 1 aliphatic rings. The molecule has 3 aromatic rings. The van der Waals surface area contributed by atoms with Gasteiger partial charge < -0.3 is 9.73 Å². The zero-order valence-electron chi connectivity index (χ0n) is 16.5. The second-order valence-corrected chi connectivity index (χ2v) is 7.57. The molecule has 1 heterocycles. The van der Waals surface area contributed by atoms with E-state index in [4.69, 9.17) is 16.0 Å². The van der Waals surface area contributed by atoms with Gasteiger partial charge in [0, 0.05) is 29.1 Å². The van der Waals surface area contributed by atoms with Gasteiger partial charge in [-0.05, 0) is 55.7 Å². The van der Waals surface area contributed by atoms with E-state index in [-0.39, 0.29) is 11.7 Å². The first-order valence-corrected chi connectivity index (χ1v) is 10.1. The molecule has 7 heteroatoms. The summed E-state index contributed by atoms with van der Waals surface area (Å²) in [5.41, 5.74) is 6.96. The van der Waals surface area contributed by atoms with Gasteiger partial charge in [-0.15, -0.1) is 0 Å². The minimum atomic E-state index is -0.300. The zero-order chi connectivity index (χ0) is 21.1. The summed E-state index contributed by atoms with van der Waals surface area (Å²) >= 11 is 6.16. The highest BCUT2D eigenvalue weighted by Crippen LogP contribution is 2.30. The molecule has 1 amide bonds. The minimum Gasteiger partial charge on any atom is -0.455 e. The van der Waals surface area contributed by atoms with Gasteiger partial charge in [-0.1, -0.05) is 29.8 Å². The Morgan fingerprint density at radius 1 is 1.17 bits per heavy atom. The Kier molecular flexibility index (Phi) is 5.86. The minimum absolute atomic E-state index is 0.285. The molecule has 1 aliphatic carbocycles. The number of benzene rings is 2. The number of rotatable bonds is 5. The summed E-state index contributed by atoms with van der Waals surface area (Å²) in [5.74, 6) is 0.476. The molecule has 5 nitrogen and oxygen atoms in total. The number of hydrogen-bond donors (Lipinski definition) is 2. The fraction of sp³-hybridized carbons (Fsp3) is 0.217. The normalized spacial score (nSPS) is 14.4. The van der Waals surface area contributed by atoms with Gasteiger partial charge in [0.05, 0.1) is 11.4 Å². The van der Waals surface area contributed by atoms with Gasteiger partial charge in [-0.3, -0.25) is 10.2 Å². The third-order valence-corrected chi connectivity index (χ3v) is 5.46. The zero-order valence-corrected chi connectivity index (χ0v) is 17.2. The van der Waals surface area contributed by atoms with Crippen LogP contribution in [-0.4, -0.2) is 11.6 Å². The Morgan fingerprint density at radius 3 is 2.70 bits per heavy atom. The van der Waals surface area contributed by atoms with Crippen molar-refractivity contribution in [2.75, 3.05) is 5.43 Å². The molecule has 0 unspecified atom stereocenters. The second-order valence-electron chi connectivity index (χ2n) is 7.16. The highest BCUT2D eigenvalue weighted by atomic mass is 35.5. The Labute approximate surface area is 178 Å². The van der Waals surface area contributed by atoms with E-state index in [9.17, 15) is 9.18 Å². The molecule has 1 aromatic heterocycles. The van der Waals surface area contributed by atoms with Gasteiger partial charge >= 0.3 is 0 Å². The van der Waals surface area contributed by atoms with Crippen LogP contribution >= 0.6 is 11.6 Å². The van der Waals surface area contributed by atoms with Gasteiger partial charge in [0.25, 0.3) is 5.91 Å². The lowest BCUT2D eigenvalue weighted by Crippen LogP contribution is -2.23. The lowest BCUT2D eigenvalue weighted by Gasteiger charge is -2.13. The molecule has 0 aliphatic heterocycles. The van der Waals surface area contributed by atoms with Crippen LogP contribution in [0.25, 0.3) is 0 Å². The van der Waals surface area contributed by atoms with Crippen LogP contribution in [-0.2, 0) is 13.0 Å². The third-order valence-electron chi connectivity index (χ3n) is 5.09. The lowest BCUT2D eigenvalue weighted by atomic mass is 9.93. The maximum atomic E-state index is 13.1. The van der Waals surface area contributed by atoms with E-state index in [2.05, 4.69) is 15.8 Å². The Morgan fingerprint density at radius 2 is 1.93 bits per heavy atom. The molecule has 2 aromatic carbocycles. The first kappa shape index (κ1) is 20.2. The molecule has 2 N–H and O–H groups in total. The highest BCUT2D eigenvalue weighted by molar-refractivity contribution is 6.31. The quantitative estimate of drug-likeness (QED) is 0.533. The largest absolute Gasteiger partial charge is 0.455 e. The summed E-state index contributed by atoms with van der Waals surface area (Å²) in [5, 5.41) is 7.98. The van der Waals surface area contributed by atoms with Crippen molar-refractivity contribution in [2.24, 2.45) is 5.10 Å². The van der Waals surface area contributed by atoms with Crippen molar-refractivity contribution in [1.29, 1.82) is 0 Å². The van der Waals surface area contributed by atoms with Crippen molar-refractivity contribution in [3.63, 3.8) is 0 Å². The lowest BCUT2D eigenvalue weighted by molar-refractivity contribution is 0.0920. The molecule has 0 saturated heterocycles. The topological polar surface area (TPSA) is 66.6 Å². The molecule has 0 fully saturated rings. The van der Waals surface area contributed by atoms with Crippen LogP contribution in [0.2, 0.25) is 5.02 Å². The van der Waals surface area contributed by atoms with Crippen LogP contribution in [0, 0.1) is 12.7 Å². The van der Waals surface area contributed by atoms with Gasteiger partial charge in [0.15, 0.2) is 5.76 Å². The standard InChI is InChI=1S/C23H21ClFN3O2/c1-14-21-19(28-27-17-11-9-16(25)10-12-17)7-4-8-20(21)30-22(14)23(29)26-13-15-5-2-3-6-18(15)24/h2-3,5-6,9-12,27H,4,7-8,13H2,1H3,(H,26,29)/b28-19+. The van der Waals surface area contributed by atoms with E-state index in [0.29, 0.717) is 23.0 Å². The number of anilines is 1. The second kappa shape index (κ2) is 8.71. The maximum absolute atomic E-state index is 13.1. The predicted octanol–water partition coefficient (Wildman–Crippen LogP) is 5.46. The van der Waals surface area contributed by atoms with Crippen molar-refractivity contribution in [3.05, 3.63) is 87.6 Å². The molecular weight excluding hydrogens is 405 g/mol. The number of nitrogens with one attached hydrogen (secondary N) is 2. The van der Waals surface area contributed by atoms with E-state index in [0.717, 1.165) is 47.4 Å². The van der Waals surface area contributed by atoms with Crippen molar-refractivity contribution < 1.29 is 13.6 Å². The molecule has 0 saturated carbocycles. The molecule has 154 valence electrons. The fourth-order valence-corrected chi connectivity index (χ4v) is 3.75. The smallest absolute Gasteiger partial charge is 0.287 e. The number of hydrazone groups is 1. The maximum Gasteiger partial charge on any atom is 0.287 e. The number of hydrogen-bond acceptors (Lipinski definition) is 4. The van der Waals surface area contributed by atoms with E-state index in [1.165, 1.54) is 12.1 Å². The first-order chi connectivity index (χ1) is 14.5. The summed E-state index contributed by atoms with van der Waals surface area (Å²) in [4.78, 5) is 12.7. The summed E-state index contributed by atoms with van der Waals surface area (Å²) in [7, 11) is 0. The van der Waals surface area contributed by atoms with Crippen LogP contribution in [0.15, 0.2) is 58.0 Å². The molecule has 0 atom stereocenters. The number of amides is 1. The average Bonchev–Trinajstić information content (AvgIpc) is 3.10. The Bertz CT molecular complexity index is 1110. The third kappa shape index (κ3) is 4.24. The fourth-order valence-electron chi connectivity index (χ4n) is 3.55. The van der Waals surface area contributed by atoms with Crippen LogP contribution in [0.3, 0.4) is 0 Å². The summed E-state index contributed by atoms with van der Waals surface area (Å²) in [6, 6.07) is 13.4. The number of aryl methyl sites for hydroxylation is 1. The number of halogens is 2. The SMILES string of the molecule is Cc1c(C(=O)NCc2ccccc2Cl)oc2c1/C(=N/Nc1ccc(F)cc1)CCC2. The number of furan rings is 1. The molecular formula is C23H21ClFN3O2. The van der Waals surface area contributed by atoms with Gasteiger partial charge in [-0.25, -0.2) is 4.39 Å². The van der Waals surface area contributed by atoms with E-state index in [1.807, 2.05) is 25.1 Å². The van der Waals surface area contributed by atoms with Crippen molar-refractivity contribution in [1.82, 2.24) is 5.32 Å². The molecule has 4 rings (SSSR count). The number of fused-ring (bicyclic) bond motifs is 1. The first-order valence-electron chi connectivity index (χ1n) is 9.75. The summed E-state index contributed by atoms with van der Waals surface area (Å²) < 4.78 is 19.0. The van der Waals surface area contributed by atoms with Gasteiger partial charge in [-0.2, -0.15) is 5.10 Å². The average molecular weight is 426 g/mol. The molecule has 0 spiro atoms.